The number of piperidine rings is 2. The molecule has 4 heteroatoms. The second-order valence-electron chi connectivity index (χ2n) is 7.18. The quantitative estimate of drug-likeness (QED) is 0.902. The predicted octanol–water partition coefficient (Wildman–Crippen LogP) is 3.04. The Labute approximate surface area is 145 Å². The van der Waals surface area contributed by atoms with Crippen LogP contribution in [0.3, 0.4) is 0 Å². The molecule has 0 saturated carbocycles. The molecule has 1 unspecified atom stereocenters. The number of rotatable bonds is 5. The van der Waals surface area contributed by atoms with Gasteiger partial charge in [-0.1, -0.05) is 12.1 Å². The summed E-state index contributed by atoms with van der Waals surface area (Å²) in [6.07, 6.45) is 5.79. The van der Waals surface area contributed by atoms with Crippen LogP contribution in [0.5, 0.6) is 0 Å². The van der Waals surface area contributed by atoms with Gasteiger partial charge in [0, 0.05) is 38.9 Å². The van der Waals surface area contributed by atoms with Crippen molar-refractivity contribution in [2.24, 2.45) is 5.92 Å². The Balaban J connectivity index is 1.53. The summed E-state index contributed by atoms with van der Waals surface area (Å²) in [5, 5.41) is 3.46. The Morgan fingerprint density at radius 1 is 1.21 bits per heavy atom. The van der Waals surface area contributed by atoms with Gasteiger partial charge in [0.05, 0.1) is 0 Å². The van der Waals surface area contributed by atoms with Gasteiger partial charge in [-0.2, -0.15) is 0 Å². The molecule has 132 valence electrons. The number of ether oxygens (including phenoxy) is 1. The normalized spacial score (nSPS) is 22.5. The first kappa shape index (κ1) is 17.4. The first-order valence-electron chi connectivity index (χ1n) is 9.37. The highest BCUT2D eigenvalue weighted by Crippen LogP contribution is 2.25. The van der Waals surface area contributed by atoms with Gasteiger partial charge in [0.1, 0.15) is 0 Å². The number of likely N-dealkylation sites (tertiary alicyclic amines) is 1. The van der Waals surface area contributed by atoms with Gasteiger partial charge in [-0.25, -0.2) is 0 Å². The predicted molar refractivity (Wildman–Crippen MR) is 96.4 cm³/mol. The van der Waals surface area contributed by atoms with E-state index in [0.717, 1.165) is 57.6 Å². The minimum atomic E-state index is 0.188. The van der Waals surface area contributed by atoms with E-state index >= 15 is 0 Å². The fourth-order valence-electron chi connectivity index (χ4n) is 3.93. The summed E-state index contributed by atoms with van der Waals surface area (Å²) in [4.78, 5) is 14.7. The van der Waals surface area contributed by atoms with Crippen LogP contribution < -0.4 is 5.32 Å². The van der Waals surface area contributed by atoms with E-state index in [4.69, 9.17) is 4.74 Å². The third-order valence-corrected chi connectivity index (χ3v) is 5.56. The zero-order valence-electron chi connectivity index (χ0n) is 14.8. The molecule has 1 aromatic carbocycles. The first-order chi connectivity index (χ1) is 11.8. The summed E-state index contributed by atoms with van der Waals surface area (Å²) in [5.74, 6) is 1.49. The average molecular weight is 330 g/mol. The number of carbonyl (C=O) groups excluding carboxylic acids is 1. The fourth-order valence-corrected chi connectivity index (χ4v) is 3.93. The lowest BCUT2D eigenvalue weighted by Crippen LogP contribution is -2.38. The van der Waals surface area contributed by atoms with E-state index in [1.165, 1.54) is 18.4 Å². The zero-order chi connectivity index (χ0) is 16.8. The van der Waals surface area contributed by atoms with E-state index in [1.807, 2.05) is 17.0 Å². The van der Waals surface area contributed by atoms with Crippen molar-refractivity contribution in [3.05, 3.63) is 35.4 Å². The summed E-state index contributed by atoms with van der Waals surface area (Å²) >= 11 is 0. The number of hydrogen-bond acceptors (Lipinski definition) is 3. The van der Waals surface area contributed by atoms with E-state index in [-0.39, 0.29) is 5.91 Å². The molecule has 1 atom stereocenters. The van der Waals surface area contributed by atoms with Crippen LogP contribution in [0.25, 0.3) is 0 Å². The average Bonchev–Trinajstić information content (AvgIpc) is 2.67. The number of methoxy groups -OCH3 is 1. The summed E-state index contributed by atoms with van der Waals surface area (Å²) in [7, 11) is 1.76. The Morgan fingerprint density at radius 3 is 2.58 bits per heavy atom. The lowest BCUT2D eigenvalue weighted by Gasteiger charge is -2.32. The van der Waals surface area contributed by atoms with E-state index in [0.29, 0.717) is 11.8 Å². The molecule has 1 amide bonds. The van der Waals surface area contributed by atoms with Crippen LogP contribution in [0, 0.1) is 5.92 Å². The molecule has 0 bridgehead atoms. The Kier molecular flexibility index (Phi) is 6.27. The third kappa shape index (κ3) is 4.37. The molecule has 1 aromatic rings. The van der Waals surface area contributed by atoms with Gasteiger partial charge < -0.3 is 15.0 Å². The summed E-state index contributed by atoms with van der Waals surface area (Å²) in [6.45, 7) is 4.77. The van der Waals surface area contributed by atoms with Crippen molar-refractivity contribution in [3.63, 3.8) is 0 Å². The van der Waals surface area contributed by atoms with Crippen molar-refractivity contribution in [1.29, 1.82) is 0 Å². The highest BCUT2D eigenvalue weighted by molar-refractivity contribution is 5.94. The number of nitrogens with zero attached hydrogens (tertiary/aromatic N) is 1. The number of amides is 1. The molecule has 0 aliphatic carbocycles. The van der Waals surface area contributed by atoms with Crippen LogP contribution in [0.4, 0.5) is 0 Å². The van der Waals surface area contributed by atoms with Gasteiger partial charge in [0.25, 0.3) is 5.91 Å². The van der Waals surface area contributed by atoms with Crippen molar-refractivity contribution < 1.29 is 9.53 Å². The molecule has 0 spiro atoms. The topological polar surface area (TPSA) is 41.6 Å². The second kappa shape index (κ2) is 8.63. The molecule has 2 aliphatic rings. The second-order valence-corrected chi connectivity index (χ2v) is 7.18. The van der Waals surface area contributed by atoms with Crippen molar-refractivity contribution in [2.45, 2.75) is 38.0 Å². The van der Waals surface area contributed by atoms with E-state index in [9.17, 15) is 4.79 Å². The van der Waals surface area contributed by atoms with E-state index in [1.54, 1.807) is 7.11 Å². The molecule has 4 nitrogen and oxygen atoms in total. The first-order valence-corrected chi connectivity index (χ1v) is 9.37. The van der Waals surface area contributed by atoms with Gasteiger partial charge in [-0.05, 0) is 68.2 Å². The van der Waals surface area contributed by atoms with Crippen molar-refractivity contribution >= 4 is 5.91 Å². The van der Waals surface area contributed by atoms with Crippen LogP contribution in [0.2, 0.25) is 0 Å². The van der Waals surface area contributed by atoms with E-state index < -0.39 is 0 Å². The number of hydrogen-bond donors (Lipinski definition) is 1. The fraction of sp³-hybridized carbons (Fsp3) is 0.650. The van der Waals surface area contributed by atoms with Crippen LogP contribution in [-0.4, -0.2) is 50.7 Å². The maximum absolute atomic E-state index is 12.7. The van der Waals surface area contributed by atoms with Gasteiger partial charge in [0.2, 0.25) is 0 Å². The zero-order valence-corrected chi connectivity index (χ0v) is 14.8. The maximum atomic E-state index is 12.7. The SMILES string of the molecule is COCCC1CCN(C(=O)c2ccc(C3CCCNC3)cc2)CC1. The van der Waals surface area contributed by atoms with E-state index in [2.05, 4.69) is 17.4 Å². The minimum Gasteiger partial charge on any atom is -0.385 e. The van der Waals surface area contributed by atoms with Gasteiger partial charge in [-0.15, -0.1) is 0 Å². The standard InChI is InChI=1S/C20H30N2O2/c1-24-14-10-16-8-12-22(13-9-16)20(23)18-6-4-17(5-7-18)19-3-2-11-21-15-19/h4-7,16,19,21H,2-3,8-15H2,1H3. The van der Waals surface area contributed by atoms with Gasteiger partial charge >= 0.3 is 0 Å². The number of benzene rings is 1. The Morgan fingerprint density at radius 2 is 1.96 bits per heavy atom. The molecular weight excluding hydrogens is 300 g/mol. The molecule has 1 N–H and O–H groups in total. The summed E-state index contributed by atoms with van der Waals surface area (Å²) in [6, 6.07) is 8.33. The van der Waals surface area contributed by atoms with Crippen LogP contribution in [-0.2, 0) is 4.74 Å². The summed E-state index contributed by atoms with van der Waals surface area (Å²) in [5.41, 5.74) is 2.19. The highest BCUT2D eigenvalue weighted by atomic mass is 16.5. The monoisotopic (exact) mass is 330 g/mol. The molecule has 2 fully saturated rings. The third-order valence-electron chi connectivity index (χ3n) is 5.56. The lowest BCUT2D eigenvalue weighted by molar-refractivity contribution is 0.0669. The maximum Gasteiger partial charge on any atom is 0.253 e. The minimum absolute atomic E-state index is 0.188. The van der Waals surface area contributed by atoms with Gasteiger partial charge in [0.15, 0.2) is 0 Å². The summed E-state index contributed by atoms with van der Waals surface area (Å²) < 4.78 is 5.16. The van der Waals surface area contributed by atoms with Gasteiger partial charge in [-0.3, -0.25) is 4.79 Å². The molecule has 0 radical (unpaired) electrons. The molecule has 0 aromatic heterocycles. The van der Waals surface area contributed by atoms with Crippen LogP contribution in [0.15, 0.2) is 24.3 Å². The molecular formula is C20H30N2O2. The Bertz CT molecular complexity index is 515. The largest absolute Gasteiger partial charge is 0.385 e. The Hall–Kier alpha value is -1.39. The van der Waals surface area contributed by atoms with Crippen LogP contribution in [0.1, 0.15) is 53.9 Å². The smallest absolute Gasteiger partial charge is 0.253 e. The molecule has 2 saturated heterocycles. The van der Waals surface area contributed by atoms with Crippen molar-refractivity contribution in [3.8, 4) is 0 Å². The van der Waals surface area contributed by atoms with Crippen molar-refractivity contribution in [2.75, 3.05) is 39.9 Å². The lowest BCUT2D eigenvalue weighted by atomic mass is 9.91. The molecule has 3 rings (SSSR count). The molecule has 2 aliphatic heterocycles. The molecule has 24 heavy (non-hydrogen) atoms. The van der Waals surface area contributed by atoms with Crippen molar-refractivity contribution in [1.82, 2.24) is 10.2 Å². The number of carbonyl (C=O) groups is 1. The highest BCUT2D eigenvalue weighted by Gasteiger charge is 2.23. The molecule has 2 heterocycles. The number of nitrogens with one attached hydrogen (secondary N) is 1. The van der Waals surface area contributed by atoms with Crippen LogP contribution >= 0.6 is 0 Å².